The Morgan fingerprint density at radius 1 is 1.40 bits per heavy atom. The van der Waals surface area contributed by atoms with Gasteiger partial charge in [0.1, 0.15) is 6.04 Å². The molecule has 5 heteroatoms. The molecule has 2 N–H and O–H groups in total. The number of nitrogens with zero attached hydrogens (tertiary/aromatic N) is 2. The SMILES string of the molecule is CN(C)CC(=O)N1CCCCC1C(N)=O. The number of amides is 2. The number of carbonyl (C=O) groups is 2. The average Bonchev–Trinajstić information content (AvgIpc) is 2.16. The van der Waals surface area contributed by atoms with Crippen molar-refractivity contribution in [1.29, 1.82) is 0 Å². The molecule has 5 nitrogen and oxygen atoms in total. The van der Waals surface area contributed by atoms with Crippen molar-refractivity contribution < 1.29 is 9.59 Å². The molecule has 0 aromatic rings. The smallest absolute Gasteiger partial charge is 0.240 e. The molecule has 1 aliphatic heterocycles. The molecule has 0 spiro atoms. The topological polar surface area (TPSA) is 66.6 Å². The first-order valence-electron chi connectivity index (χ1n) is 5.26. The second kappa shape index (κ2) is 5.11. The van der Waals surface area contributed by atoms with Gasteiger partial charge in [0.2, 0.25) is 11.8 Å². The molecule has 1 rings (SSSR count). The molecule has 15 heavy (non-hydrogen) atoms. The molecule has 0 radical (unpaired) electrons. The average molecular weight is 213 g/mol. The number of hydrogen-bond acceptors (Lipinski definition) is 3. The highest BCUT2D eigenvalue weighted by molar-refractivity contribution is 5.87. The number of primary amides is 1. The van der Waals surface area contributed by atoms with Crippen LogP contribution in [-0.4, -0.2) is 54.8 Å². The number of nitrogens with two attached hydrogens (primary N) is 1. The fraction of sp³-hybridized carbons (Fsp3) is 0.800. The Hall–Kier alpha value is -1.10. The number of carbonyl (C=O) groups excluding carboxylic acids is 2. The van der Waals surface area contributed by atoms with Gasteiger partial charge in [0.15, 0.2) is 0 Å². The van der Waals surface area contributed by atoms with Crippen LogP contribution in [-0.2, 0) is 9.59 Å². The van der Waals surface area contributed by atoms with E-state index >= 15 is 0 Å². The van der Waals surface area contributed by atoms with Gasteiger partial charge in [-0.15, -0.1) is 0 Å². The lowest BCUT2D eigenvalue weighted by atomic mass is 10.0. The first-order valence-corrected chi connectivity index (χ1v) is 5.26. The van der Waals surface area contributed by atoms with Gasteiger partial charge in [-0.05, 0) is 33.4 Å². The Labute approximate surface area is 90.2 Å². The van der Waals surface area contributed by atoms with Crippen molar-refractivity contribution in [3.05, 3.63) is 0 Å². The van der Waals surface area contributed by atoms with Crippen LogP contribution in [0.4, 0.5) is 0 Å². The van der Waals surface area contributed by atoms with Crippen LogP contribution in [0, 0.1) is 0 Å². The first kappa shape index (κ1) is 12.0. The summed E-state index contributed by atoms with van der Waals surface area (Å²) < 4.78 is 0. The summed E-state index contributed by atoms with van der Waals surface area (Å²) in [6, 6.07) is -0.397. The van der Waals surface area contributed by atoms with E-state index in [-0.39, 0.29) is 11.8 Å². The maximum absolute atomic E-state index is 11.8. The summed E-state index contributed by atoms with van der Waals surface area (Å²) in [4.78, 5) is 26.4. The van der Waals surface area contributed by atoms with Crippen LogP contribution in [0.3, 0.4) is 0 Å². The monoisotopic (exact) mass is 213 g/mol. The highest BCUT2D eigenvalue weighted by atomic mass is 16.2. The lowest BCUT2D eigenvalue weighted by molar-refractivity contribution is -0.141. The van der Waals surface area contributed by atoms with Gasteiger partial charge in [-0.2, -0.15) is 0 Å². The zero-order chi connectivity index (χ0) is 11.4. The van der Waals surface area contributed by atoms with E-state index in [0.717, 1.165) is 12.8 Å². The molecule has 1 aliphatic rings. The van der Waals surface area contributed by atoms with Gasteiger partial charge < -0.3 is 15.5 Å². The van der Waals surface area contributed by atoms with Crippen LogP contribution in [0.1, 0.15) is 19.3 Å². The third-order valence-electron chi connectivity index (χ3n) is 2.60. The quantitative estimate of drug-likeness (QED) is 0.681. The molecule has 1 unspecified atom stereocenters. The summed E-state index contributed by atoms with van der Waals surface area (Å²) in [5.41, 5.74) is 5.28. The van der Waals surface area contributed by atoms with Crippen LogP contribution >= 0.6 is 0 Å². The van der Waals surface area contributed by atoms with Crippen molar-refractivity contribution in [3.8, 4) is 0 Å². The summed E-state index contributed by atoms with van der Waals surface area (Å²) in [7, 11) is 3.67. The molecule has 0 aromatic carbocycles. The summed E-state index contributed by atoms with van der Waals surface area (Å²) in [5.74, 6) is -0.398. The molecule has 0 saturated carbocycles. The molecule has 1 fully saturated rings. The van der Waals surface area contributed by atoms with Crippen molar-refractivity contribution >= 4 is 11.8 Å². The molecule has 0 aliphatic carbocycles. The van der Waals surface area contributed by atoms with Crippen molar-refractivity contribution in [2.24, 2.45) is 5.73 Å². The molecule has 1 saturated heterocycles. The number of likely N-dealkylation sites (tertiary alicyclic amines) is 1. The highest BCUT2D eigenvalue weighted by Crippen LogP contribution is 2.16. The predicted molar refractivity (Wildman–Crippen MR) is 57.1 cm³/mol. The molecule has 2 amide bonds. The third kappa shape index (κ3) is 3.20. The second-order valence-electron chi connectivity index (χ2n) is 4.24. The Morgan fingerprint density at radius 2 is 2.07 bits per heavy atom. The van der Waals surface area contributed by atoms with Gasteiger partial charge in [-0.25, -0.2) is 0 Å². The van der Waals surface area contributed by atoms with E-state index in [1.165, 1.54) is 0 Å². The second-order valence-corrected chi connectivity index (χ2v) is 4.24. The zero-order valence-corrected chi connectivity index (χ0v) is 9.40. The minimum absolute atomic E-state index is 0.0106. The minimum Gasteiger partial charge on any atom is -0.368 e. The summed E-state index contributed by atoms with van der Waals surface area (Å²) in [6.07, 6.45) is 2.64. The van der Waals surface area contributed by atoms with E-state index in [9.17, 15) is 9.59 Å². The Morgan fingerprint density at radius 3 is 2.60 bits per heavy atom. The number of rotatable bonds is 3. The molecule has 1 atom stereocenters. The van der Waals surface area contributed by atoms with Crippen molar-refractivity contribution in [3.63, 3.8) is 0 Å². The lowest BCUT2D eigenvalue weighted by Gasteiger charge is -2.34. The maximum Gasteiger partial charge on any atom is 0.240 e. The van der Waals surface area contributed by atoms with Gasteiger partial charge in [0.05, 0.1) is 6.54 Å². The minimum atomic E-state index is -0.397. The lowest BCUT2D eigenvalue weighted by Crippen LogP contribution is -2.52. The van der Waals surface area contributed by atoms with Crippen molar-refractivity contribution in [2.45, 2.75) is 25.3 Å². The summed E-state index contributed by atoms with van der Waals surface area (Å²) in [6.45, 7) is 0.990. The molecule has 0 bridgehead atoms. The van der Waals surface area contributed by atoms with E-state index in [1.807, 2.05) is 14.1 Å². The van der Waals surface area contributed by atoms with Gasteiger partial charge in [-0.1, -0.05) is 0 Å². The maximum atomic E-state index is 11.8. The molecular weight excluding hydrogens is 194 g/mol. The number of piperidine rings is 1. The fourth-order valence-corrected chi connectivity index (χ4v) is 1.89. The largest absolute Gasteiger partial charge is 0.368 e. The normalized spacial score (nSPS) is 21.8. The molecular formula is C10H19N3O2. The van der Waals surface area contributed by atoms with Crippen LogP contribution in [0.5, 0.6) is 0 Å². The Kier molecular flexibility index (Phi) is 4.08. The zero-order valence-electron chi connectivity index (χ0n) is 9.40. The molecule has 1 heterocycles. The highest BCUT2D eigenvalue weighted by Gasteiger charge is 2.30. The molecule has 0 aromatic heterocycles. The standard InChI is InChI=1S/C10H19N3O2/c1-12(2)7-9(14)13-6-4-3-5-8(13)10(11)15/h8H,3-7H2,1-2H3,(H2,11,15). The van der Waals surface area contributed by atoms with Crippen LogP contribution in [0.15, 0.2) is 0 Å². The van der Waals surface area contributed by atoms with E-state index in [2.05, 4.69) is 0 Å². The van der Waals surface area contributed by atoms with Crippen LogP contribution in [0.25, 0.3) is 0 Å². The summed E-state index contributed by atoms with van der Waals surface area (Å²) in [5, 5.41) is 0. The number of likely N-dealkylation sites (N-methyl/N-ethyl adjacent to an activating group) is 1. The fourth-order valence-electron chi connectivity index (χ4n) is 1.89. The van der Waals surface area contributed by atoms with E-state index in [0.29, 0.717) is 19.5 Å². The Balaban J connectivity index is 2.63. The van der Waals surface area contributed by atoms with E-state index in [4.69, 9.17) is 5.73 Å². The van der Waals surface area contributed by atoms with Gasteiger partial charge in [0, 0.05) is 6.54 Å². The van der Waals surface area contributed by atoms with E-state index < -0.39 is 6.04 Å². The van der Waals surface area contributed by atoms with Crippen molar-refractivity contribution in [1.82, 2.24) is 9.80 Å². The first-order chi connectivity index (χ1) is 7.02. The van der Waals surface area contributed by atoms with Gasteiger partial charge in [0.25, 0.3) is 0 Å². The summed E-state index contributed by atoms with van der Waals surface area (Å²) >= 11 is 0. The Bertz CT molecular complexity index is 253. The van der Waals surface area contributed by atoms with Crippen LogP contribution < -0.4 is 5.73 Å². The van der Waals surface area contributed by atoms with E-state index in [1.54, 1.807) is 9.80 Å². The third-order valence-corrected chi connectivity index (χ3v) is 2.60. The van der Waals surface area contributed by atoms with Crippen molar-refractivity contribution in [2.75, 3.05) is 27.2 Å². The van der Waals surface area contributed by atoms with Gasteiger partial charge >= 0.3 is 0 Å². The number of hydrogen-bond donors (Lipinski definition) is 1. The molecule has 86 valence electrons. The van der Waals surface area contributed by atoms with Crippen LogP contribution in [0.2, 0.25) is 0 Å². The van der Waals surface area contributed by atoms with Gasteiger partial charge in [-0.3, -0.25) is 9.59 Å². The predicted octanol–water partition coefficient (Wildman–Crippen LogP) is -0.586.